The molecule has 0 fully saturated rings. The summed E-state index contributed by atoms with van der Waals surface area (Å²) in [7, 11) is 0. The summed E-state index contributed by atoms with van der Waals surface area (Å²) >= 11 is 0. The Morgan fingerprint density at radius 3 is 1.25 bits per heavy atom. The fourth-order valence-electron chi connectivity index (χ4n) is 17.5. The first-order chi connectivity index (χ1) is 49.9. The van der Waals surface area contributed by atoms with Crippen LogP contribution in [0.4, 0.5) is 0 Å². The summed E-state index contributed by atoms with van der Waals surface area (Å²) in [4.78, 5) is 10.9. The van der Waals surface area contributed by atoms with E-state index in [1.807, 2.05) is 0 Å². The molecule has 2 aromatic heterocycles. The molecular formula is C97H62N4. The summed E-state index contributed by atoms with van der Waals surface area (Å²) < 4.78 is 4.65. The third-order valence-corrected chi connectivity index (χ3v) is 22.1. The summed E-state index contributed by atoms with van der Waals surface area (Å²) in [5, 5.41) is 17.2. The van der Waals surface area contributed by atoms with E-state index >= 15 is 0 Å². The Morgan fingerprint density at radius 1 is 0.248 bits per heavy atom. The van der Waals surface area contributed by atoms with E-state index in [1.54, 1.807) is 0 Å². The van der Waals surface area contributed by atoms with Crippen LogP contribution < -0.4 is 0 Å². The molecule has 0 aliphatic heterocycles. The van der Waals surface area contributed by atoms with E-state index in [9.17, 15) is 0 Å². The van der Waals surface area contributed by atoms with Crippen LogP contribution in [0.3, 0.4) is 0 Å². The molecule has 101 heavy (non-hydrogen) atoms. The molecule has 4 heteroatoms. The molecule has 0 bridgehead atoms. The molecule has 20 aromatic rings. The van der Waals surface area contributed by atoms with Gasteiger partial charge >= 0.3 is 0 Å². The van der Waals surface area contributed by atoms with Crippen LogP contribution in [0.25, 0.3) is 198 Å². The van der Waals surface area contributed by atoms with Crippen molar-refractivity contribution in [2.24, 2.45) is 0 Å². The number of benzene rings is 18. The van der Waals surface area contributed by atoms with E-state index in [0.29, 0.717) is 0 Å². The van der Waals surface area contributed by atoms with E-state index in [2.05, 4.69) is 363 Å². The van der Waals surface area contributed by atoms with Crippen molar-refractivity contribution in [1.29, 1.82) is 0 Å². The van der Waals surface area contributed by atoms with Gasteiger partial charge in [0.2, 0.25) is 0 Å². The van der Waals surface area contributed by atoms with Crippen molar-refractivity contribution in [1.82, 2.24) is 19.1 Å². The lowest BCUT2D eigenvalue weighted by molar-refractivity contribution is 0.660. The molecule has 0 N–H and O–H groups in total. The third kappa shape index (κ3) is 8.55. The number of fused-ring (bicyclic) bond motifs is 9. The lowest BCUT2D eigenvalue weighted by atomic mass is 9.80. The number of rotatable bonds is 9. The lowest BCUT2D eigenvalue weighted by Gasteiger charge is -2.23. The first-order valence-corrected chi connectivity index (χ1v) is 35.0. The van der Waals surface area contributed by atoms with Crippen molar-refractivity contribution < 1.29 is 0 Å². The van der Waals surface area contributed by atoms with Crippen LogP contribution in [0, 0.1) is 0 Å². The van der Waals surface area contributed by atoms with Gasteiger partial charge in [-0.3, -0.25) is 9.13 Å². The Hall–Kier alpha value is -13.0. The number of hydrogen-bond acceptors (Lipinski definition) is 2. The molecule has 0 unspecified atom stereocenters. The summed E-state index contributed by atoms with van der Waals surface area (Å²) in [6.07, 6.45) is 0. The maximum Gasteiger partial charge on any atom is 0.145 e. The largest absolute Gasteiger partial charge is 0.292 e. The smallest absolute Gasteiger partial charge is 0.145 e. The Morgan fingerprint density at radius 2 is 0.663 bits per heavy atom. The second-order valence-corrected chi connectivity index (χ2v) is 27.8. The lowest BCUT2D eigenvalue weighted by Crippen LogP contribution is -2.14. The number of aromatic nitrogens is 4. The van der Waals surface area contributed by atoms with E-state index in [-0.39, 0.29) is 5.41 Å². The predicted molar refractivity (Wildman–Crippen MR) is 425 cm³/mol. The Kier molecular flexibility index (Phi) is 12.4. The van der Waals surface area contributed by atoms with Crippen LogP contribution in [0.15, 0.2) is 340 Å². The van der Waals surface area contributed by atoms with E-state index < -0.39 is 0 Å². The predicted octanol–water partition coefficient (Wildman–Crippen LogP) is 25.8. The minimum absolute atomic E-state index is 0.107. The zero-order valence-corrected chi connectivity index (χ0v) is 55.6. The van der Waals surface area contributed by atoms with Gasteiger partial charge in [0.15, 0.2) is 0 Å². The van der Waals surface area contributed by atoms with Crippen molar-refractivity contribution in [3.63, 3.8) is 0 Å². The summed E-state index contributed by atoms with van der Waals surface area (Å²) in [6.45, 7) is 4.74. The van der Waals surface area contributed by atoms with Crippen LogP contribution in [0.2, 0.25) is 0 Å². The zero-order valence-electron chi connectivity index (χ0n) is 55.6. The van der Waals surface area contributed by atoms with Crippen LogP contribution in [-0.2, 0) is 5.41 Å². The zero-order chi connectivity index (χ0) is 66.6. The normalized spacial score (nSPS) is 12.7. The van der Waals surface area contributed by atoms with Gasteiger partial charge < -0.3 is 0 Å². The van der Waals surface area contributed by atoms with Gasteiger partial charge in [-0.2, -0.15) is 0 Å². The van der Waals surface area contributed by atoms with Gasteiger partial charge in [-0.15, -0.1) is 0 Å². The fourth-order valence-corrected chi connectivity index (χ4v) is 17.5. The molecule has 21 rings (SSSR count). The van der Waals surface area contributed by atoms with Gasteiger partial charge in [0, 0.05) is 33.5 Å². The number of para-hydroxylation sites is 3. The first kappa shape index (κ1) is 57.1. The summed E-state index contributed by atoms with van der Waals surface area (Å²) in [6, 6.07) is 126. The monoisotopic (exact) mass is 1280 g/mol. The molecular weight excluding hydrogens is 1220 g/mol. The van der Waals surface area contributed by atoms with E-state index in [1.165, 1.54) is 142 Å². The second kappa shape index (κ2) is 22.0. The molecule has 2 heterocycles. The fraction of sp³-hybridized carbons (Fsp3) is 0.0309. The van der Waals surface area contributed by atoms with Crippen LogP contribution in [-0.4, -0.2) is 19.1 Å². The first-order valence-electron chi connectivity index (χ1n) is 35.0. The Labute approximate surface area is 583 Å². The molecule has 1 aliphatic rings. The maximum absolute atomic E-state index is 5.71. The molecule has 0 saturated heterocycles. The van der Waals surface area contributed by atoms with Gasteiger partial charge in [0.05, 0.1) is 22.1 Å². The Bertz CT molecular complexity index is 6680. The average molecular weight is 1280 g/mol. The van der Waals surface area contributed by atoms with Gasteiger partial charge in [-0.25, -0.2) is 9.97 Å². The topological polar surface area (TPSA) is 35.6 Å². The molecule has 470 valence electrons. The maximum atomic E-state index is 5.71. The molecule has 0 atom stereocenters. The number of imidazole rings is 2. The SMILES string of the molecule is CC1(C)c2ccccc2-c2ccc(-c3c4ccccc4c(-c4ccc(-n5c(-c6ccccc6)nc6c(-c7ccc8ccc9cc(-c%10c%11ccccc%11c(-c%11ccc(-n%12c(-c%13ccccc%13)nc%13ccccc%13%12)cc%11)c%11ccccc%10%11)cc%10ccc7c8c9%10)cccc65)cc4)c4ccccc34)cc21. The number of hydrogen-bond donors (Lipinski definition) is 0. The quantitative estimate of drug-likeness (QED) is 0.107. The third-order valence-electron chi connectivity index (χ3n) is 22.1. The molecule has 0 radical (unpaired) electrons. The van der Waals surface area contributed by atoms with Crippen molar-refractivity contribution >= 4 is 97.5 Å². The average Bonchev–Trinajstić information content (AvgIpc) is 1.03. The van der Waals surface area contributed by atoms with Crippen molar-refractivity contribution in [2.75, 3.05) is 0 Å². The second-order valence-electron chi connectivity index (χ2n) is 27.8. The van der Waals surface area contributed by atoms with Gasteiger partial charge in [0.1, 0.15) is 11.6 Å². The van der Waals surface area contributed by atoms with Crippen LogP contribution in [0.1, 0.15) is 25.0 Å². The van der Waals surface area contributed by atoms with Crippen LogP contribution >= 0.6 is 0 Å². The van der Waals surface area contributed by atoms with Crippen LogP contribution in [0.5, 0.6) is 0 Å². The molecule has 18 aromatic carbocycles. The molecule has 0 spiro atoms. The molecule has 4 nitrogen and oxygen atoms in total. The van der Waals surface area contributed by atoms with Gasteiger partial charge in [0.25, 0.3) is 0 Å². The van der Waals surface area contributed by atoms with Crippen molar-refractivity contribution in [3.05, 3.63) is 351 Å². The highest BCUT2D eigenvalue weighted by molar-refractivity contribution is 6.29. The number of nitrogens with zero attached hydrogens (tertiary/aromatic N) is 4. The van der Waals surface area contributed by atoms with Crippen molar-refractivity contribution in [3.8, 4) is 101 Å². The van der Waals surface area contributed by atoms with E-state index in [4.69, 9.17) is 9.97 Å². The molecule has 1 aliphatic carbocycles. The van der Waals surface area contributed by atoms with Gasteiger partial charge in [-0.1, -0.05) is 293 Å². The standard InChI is InChI=1S/C97H62N4/c1-97(2)83-36-18-17-26-71(83)72-54-47-66(58-84(72)97)91-77-31-13-9-27-73(77)89(74-28-10-14-32-78(74)91)60-44-51-69(52-45-60)101-87-39-21-35-82(94(87)99-96(101)63-24-7-4-8-25-63)70-53-46-61-40-41-64-56-67(57-65-48-55-81(70)93(61)88(64)65)92-79-33-15-11-29-75(79)90(76-30-12-16-34-80(76)92)59-42-49-68(50-43-59)100-86-38-20-19-37-85(86)98-95(100)62-22-5-3-6-23-62/h3-58H,1-2H3. The Balaban J connectivity index is 0.669. The molecule has 0 saturated carbocycles. The minimum Gasteiger partial charge on any atom is -0.292 e. The highest BCUT2D eigenvalue weighted by Crippen LogP contribution is 2.53. The molecule has 0 amide bonds. The highest BCUT2D eigenvalue weighted by Gasteiger charge is 2.36. The summed E-state index contributed by atoms with van der Waals surface area (Å²) in [5.41, 5.74) is 25.7. The van der Waals surface area contributed by atoms with Gasteiger partial charge in [-0.05, 0) is 208 Å². The van der Waals surface area contributed by atoms with E-state index in [0.717, 1.165) is 67.3 Å². The minimum atomic E-state index is -0.107. The summed E-state index contributed by atoms with van der Waals surface area (Å²) in [5.74, 6) is 1.82. The highest BCUT2D eigenvalue weighted by atomic mass is 15.1. The van der Waals surface area contributed by atoms with Crippen molar-refractivity contribution in [2.45, 2.75) is 19.3 Å².